The molecule has 0 unspecified atom stereocenters. The van der Waals surface area contributed by atoms with Crippen molar-refractivity contribution in [1.29, 1.82) is 0 Å². The topological polar surface area (TPSA) is 84.9 Å². The van der Waals surface area contributed by atoms with Crippen LogP contribution in [0.4, 0.5) is 0 Å². The molecule has 0 bridgehead atoms. The highest BCUT2D eigenvalue weighted by molar-refractivity contribution is 7.71. The lowest BCUT2D eigenvalue weighted by Crippen LogP contribution is -1.80. The number of hydrogen-bond acceptors (Lipinski definition) is 4. The van der Waals surface area contributed by atoms with Crippen molar-refractivity contribution in [3.8, 4) is 22.9 Å². The van der Waals surface area contributed by atoms with Crippen molar-refractivity contribution in [1.82, 2.24) is 15.2 Å². The number of nitrogens with one attached hydrogen (secondary N) is 2. The van der Waals surface area contributed by atoms with Crippen LogP contribution in [0, 0.1) is 4.77 Å². The Labute approximate surface area is 84.1 Å². The van der Waals surface area contributed by atoms with Gasteiger partial charge >= 0.3 is 0 Å². The molecule has 0 aliphatic carbocycles. The molecule has 0 fully saturated rings. The van der Waals surface area contributed by atoms with Crippen LogP contribution in [0.15, 0.2) is 18.2 Å². The number of aromatic hydroxyl groups is 2. The maximum Gasteiger partial charge on any atom is 0.213 e. The quantitative estimate of drug-likeness (QED) is 0.537. The zero-order valence-electron chi connectivity index (χ0n) is 6.98. The molecule has 0 aliphatic heterocycles. The second-order valence-corrected chi connectivity index (χ2v) is 3.14. The van der Waals surface area contributed by atoms with Crippen LogP contribution in [-0.2, 0) is 0 Å². The van der Waals surface area contributed by atoms with E-state index in [9.17, 15) is 10.2 Å². The highest BCUT2D eigenvalue weighted by atomic mass is 32.1. The van der Waals surface area contributed by atoms with Crippen LogP contribution >= 0.6 is 12.2 Å². The van der Waals surface area contributed by atoms with Gasteiger partial charge in [-0.3, -0.25) is 10.2 Å². The van der Waals surface area contributed by atoms with Crippen molar-refractivity contribution >= 4 is 12.2 Å². The van der Waals surface area contributed by atoms with Gasteiger partial charge in [0.25, 0.3) is 0 Å². The Morgan fingerprint density at radius 2 is 1.71 bits per heavy atom. The van der Waals surface area contributed by atoms with Crippen molar-refractivity contribution in [2.24, 2.45) is 0 Å². The molecule has 1 heterocycles. The average Bonchev–Trinajstić information content (AvgIpc) is 2.50. The van der Waals surface area contributed by atoms with Gasteiger partial charge in [0.2, 0.25) is 4.77 Å². The van der Waals surface area contributed by atoms with E-state index < -0.39 is 0 Å². The second-order valence-electron chi connectivity index (χ2n) is 2.75. The number of phenolic OH excluding ortho intramolecular Hbond substituents is 2. The Balaban J connectivity index is 2.56. The minimum Gasteiger partial charge on any atom is -0.508 e. The molecular formula is C8H7N3O2S. The molecule has 0 spiro atoms. The minimum atomic E-state index is -0.0256. The van der Waals surface area contributed by atoms with Crippen molar-refractivity contribution in [3.05, 3.63) is 23.0 Å². The molecule has 6 heteroatoms. The minimum absolute atomic E-state index is 0.0256. The maximum atomic E-state index is 9.22. The summed E-state index contributed by atoms with van der Waals surface area (Å²) in [5.41, 5.74) is 0.565. The standard InChI is InChI=1S/C8H7N3O2S/c12-5-1-4(2-6(13)3-5)7-9-8(14)11-10-7/h1-3,12-13H,(H2,9,10,11,14). The summed E-state index contributed by atoms with van der Waals surface area (Å²) in [5, 5.41) is 23.8. The number of phenols is 2. The number of H-pyrrole nitrogens is 2. The van der Waals surface area contributed by atoms with Gasteiger partial charge in [-0.05, 0) is 24.4 Å². The highest BCUT2D eigenvalue weighted by Gasteiger charge is 2.04. The van der Waals surface area contributed by atoms with Crippen molar-refractivity contribution in [3.63, 3.8) is 0 Å². The van der Waals surface area contributed by atoms with Crippen LogP contribution in [0.1, 0.15) is 0 Å². The van der Waals surface area contributed by atoms with Gasteiger partial charge in [-0.15, -0.1) is 0 Å². The number of benzene rings is 1. The van der Waals surface area contributed by atoms with Crippen LogP contribution in [0.2, 0.25) is 0 Å². The first kappa shape index (κ1) is 8.76. The van der Waals surface area contributed by atoms with Crippen LogP contribution in [-0.4, -0.2) is 25.4 Å². The fourth-order valence-electron chi connectivity index (χ4n) is 1.14. The molecule has 2 aromatic rings. The molecular weight excluding hydrogens is 202 g/mol. The average molecular weight is 209 g/mol. The van der Waals surface area contributed by atoms with Gasteiger partial charge < -0.3 is 10.2 Å². The van der Waals surface area contributed by atoms with E-state index in [4.69, 9.17) is 12.2 Å². The summed E-state index contributed by atoms with van der Waals surface area (Å²) in [4.78, 5) is 3.94. The third-order valence-corrected chi connectivity index (χ3v) is 1.87. The van der Waals surface area contributed by atoms with E-state index in [1.54, 1.807) is 0 Å². The molecule has 0 radical (unpaired) electrons. The van der Waals surface area contributed by atoms with Gasteiger partial charge in [-0.1, -0.05) is 0 Å². The summed E-state index contributed by atoms with van der Waals surface area (Å²) in [7, 11) is 0. The summed E-state index contributed by atoms with van der Waals surface area (Å²) in [5.74, 6) is 0.422. The van der Waals surface area contributed by atoms with Crippen molar-refractivity contribution in [2.75, 3.05) is 0 Å². The molecule has 0 aliphatic rings. The Morgan fingerprint density at radius 1 is 1.07 bits per heavy atom. The second kappa shape index (κ2) is 3.15. The summed E-state index contributed by atoms with van der Waals surface area (Å²) in [6, 6.07) is 4.19. The van der Waals surface area contributed by atoms with Gasteiger partial charge in [0.15, 0.2) is 5.82 Å². The molecule has 0 saturated heterocycles. The van der Waals surface area contributed by atoms with E-state index >= 15 is 0 Å². The van der Waals surface area contributed by atoms with E-state index in [2.05, 4.69) is 15.2 Å². The number of nitrogens with zero attached hydrogens (tertiary/aromatic N) is 1. The van der Waals surface area contributed by atoms with Gasteiger partial charge in [-0.2, -0.15) is 4.98 Å². The first-order chi connectivity index (χ1) is 6.65. The zero-order chi connectivity index (χ0) is 10.1. The lowest BCUT2D eigenvalue weighted by Gasteiger charge is -1.98. The molecule has 4 N–H and O–H groups in total. The number of hydrogen-bond donors (Lipinski definition) is 4. The van der Waals surface area contributed by atoms with Gasteiger partial charge in [0.05, 0.1) is 0 Å². The zero-order valence-corrected chi connectivity index (χ0v) is 7.80. The summed E-state index contributed by atoms with van der Waals surface area (Å²) >= 11 is 4.78. The molecule has 2 rings (SSSR count). The molecule has 0 atom stereocenters. The van der Waals surface area contributed by atoms with Gasteiger partial charge in [0.1, 0.15) is 11.5 Å². The van der Waals surface area contributed by atoms with E-state index in [1.807, 2.05) is 0 Å². The first-order valence-electron chi connectivity index (χ1n) is 3.83. The third kappa shape index (κ3) is 1.60. The predicted molar refractivity (Wildman–Crippen MR) is 52.5 cm³/mol. The Bertz CT molecular complexity index is 497. The SMILES string of the molecule is Oc1cc(O)cc(-c2nc(=S)[nH][nH]2)c1. The van der Waals surface area contributed by atoms with Crippen LogP contribution in [0.3, 0.4) is 0 Å². The lowest BCUT2D eigenvalue weighted by atomic mass is 10.2. The van der Waals surface area contributed by atoms with E-state index in [0.29, 0.717) is 16.2 Å². The Morgan fingerprint density at radius 3 is 2.21 bits per heavy atom. The molecule has 14 heavy (non-hydrogen) atoms. The smallest absolute Gasteiger partial charge is 0.213 e. The lowest BCUT2D eigenvalue weighted by molar-refractivity contribution is 0.451. The normalized spacial score (nSPS) is 10.3. The largest absolute Gasteiger partial charge is 0.508 e. The maximum absolute atomic E-state index is 9.22. The third-order valence-electron chi connectivity index (χ3n) is 1.68. The van der Waals surface area contributed by atoms with Crippen LogP contribution in [0.5, 0.6) is 11.5 Å². The monoisotopic (exact) mass is 209 g/mol. The van der Waals surface area contributed by atoms with E-state index in [-0.39, 0.29) is 11.5 Å². The predicted octanol–water partition coefficient (Wildman–Crippen LogP) is 1.55. The summed E-state index contributed by atoms with van der Waals surface area (Å²) < 4.78 is 0.322. The Hall–Kier alpha value is -1.82. The van der Waals surface area contributed by atoms with E-state index in [1.165, 1.54) is 18.2 Å². The molecule has 0 saturated carbocycles. The molecule has 0 amide bonds. The van der Waals surface area contributed by atoms with Crippen molar-refractivity contribution < 1.29 is 10.2 Å². The number of rotatable bonds is 1. The molecule has 5 nitrogen and oxygen atoms in total. The van der Waals surface area contributed by atoms with E-state index in [0.717, 1.165) is 0 Å². The first-order valence-corrected chi connectivity index (χ1v) is 4.24. The fourth-order valence-corrected chi connectivity index (χ4v) is 1.28. The van der Waals surface area contributed by atoms with Crippen molar-refractivity contribution in [2.45, 2.75) is 0 Å². The summed E-state index contributed by atoms with van der Waals surface area (Å²) in [6.07, 6.45) is 0. The molecule has 72 valence electrons. The van der Waals surface area contributed by atoms with Crippen LogP contribution < -0.4 is 0 Å². The van der Waals surface area contributed by atoms with Gasteiger partial charge in [0, 0.05) is 11.6 Å². The fraction of sp³-hybridized carbons (Fsp3) is 0. The number of aromatic nitrogens is 3. The molecule has 1 aromatic carbocycles. The highest BCUT2D eigenvalue weighted by Crippen LogP contribution is 2.25. The van der Waals surface area contributed by atoms with Crippen LogP contribution in [0.25, 0.3) is 11.4 Å². The van der Waals surface area contributed by atoms with Gasteiger partial charge in [-0.25, -0.2) is 0 Å². The Kier molecular flexibility index (Phi) is 1.97. The summed E-state index contributed by atoms with van der Waals surface area (Å²) in [6.45, 7) is 0. The molecule has 1 aromatic heterocycles. The number of aromatic amines is 2.